The molecule has 2 saturated carbocycles. The van der Waals surface area contributed by atoms with Gasteiger partial charge in [-0.3, -0.25) is 0 Å². The largest absolute Gasteiger partial charge is 0.420 e. The highest BCUT2D eigenvalue weighted by Crippen LogP contribution is 2.48. The lowest BCUT2D eigenvalue weighted by Gasteiger charge is -2.42. The standard InChI is InChI=1S/C32H37F3O2/c1-3-5-7-8-21-10-11-24-19-25(13-12-23(24)18-21)27-16-14-26(20-28(27)33)32(36)37-29-17-15-22(9-6-4-2)30(34)31(29)35/h3-5,14-17,20-21,23-25H,2,6-13,18-19H2,1H3/b5-3+. The van der Waals surface area contributed by atoms with Gasteiger partial charge in [0.2, 0.25) is 5.82 Å². The van der Waals surface area contributed by atoms with E-state index in [1.807, 2.05) is 0 Å². The Balaban J connectivity index is 1.37. The first-order valence-electron chi connectivity index (χ1n) is 13.6. The molecule has 2 aliphatic rings. The zero-order valence-electron chi connectivity index (χ0n) is 21.7. The molecule has 2 aromatic rings. The molecule has 2 nitrogen and oxygen atoms in total. The molecule has 0 aromatic heterocycles. The van der Waals surface area contributed by atoms with Crippen molar-refractivity contribution < 1.29 is 22.7 Å². The lowest BCUT2D eigenvalue weighted by molar-refractivity contribution is 0.0726. The first kappa shape index (κ1) is 27.2. The van der Waals surface area contributed by atoms with Crippen molar-refractivity contribution in [1.29, 1.82) is 0 Å². The number of ether oxygens (including phenoxy) is 1. The Bertz CT molecular complexity index is 1140. The van der Waals surface area contributed by atoms with Gasteiger partial charge < -0.3 is 4.74 Å². The number of fused-ring (bicyclic) bond motifs is 1. The van der Waals surface area contributed by atoms with E-state index < -0.39 is 29.2 Å². The first-order valence-corrected chi connectivity index (χ1v) is 13.6. The fraction of sp³-hybridized carbons (Fsp3) is 0.469. The van der Waals surface area contributed by atoms with Gasteiger partial charge in [0.15, 0.2) is 11.6 Å². The quantitative estimate of drug-likeness (QED) is 0.191. The molecule has 0 radical (unpaired) electrons. The summed E-state index contributed by atoms with van der Waals surface area (Å²) >= 11 is 0. The molecule has 198 valence electrons. The Kier molecular flexibility index (Phi) is 9.28. The van der Waals surface area contributed by atoms with Crippen molar-refractivity contribution in [2.24, 2.45) is 17.8 Å². The highest BCUT2D eigenvalue weighted by Gasteiger charge is 2.36. The van der Waals surface area contributed by atoms with E-state index in [0.29, 0.717) is 24.3 Å². The Hall–Kier alpha value is -2.82. The van der Waals surface area contributed by atoms with Gasteiger partial charge in [-0.05, 0) is 118 Å². The molecule has 0 bridgehead atoms. The summed E-state index contributed by atoms with van der Waals surface area (Å²) in [6.07, 6.45) is 16.0. The molecular formula is C32H37F3O2. The number of halogens is 3. The number of hydrogen-bond donors (Lipinski definition) is 0. The summed E-state index contributed by atoms with van der Waals surface area (Å²) in [7, 11) is 0. The maximum Gasteiger partial charge on any atom is 0.343 e. The zero-order valence-corrected chi connectivity index (χ0v) is 21.7. The molecule has 4 unspecified atom stereocenters. The van der Waals surface area contributed by atoms with Crippen molar-refractivity contribution in [2.75, 3.05) is 0 Å². The zero-order chi connectivity index (χ0) is 26.4. The van der Waals surface area contributed by atoms with Crippen molar-refractivity contribution in [3.8, 4) is 5.75 Å². The van der Waals surface area contributed by atoms with E-state index in [2.05, 4.69) is 25.7 Å². The molecule has 4 rings (SSSR count). The van der Waals surface area contributed by atoms with E-state index >= 15 is 4.39 Å². The molecule has 4 atom stereocenters. The minimum Gasteiger partial charge on any atom is -0.420 e. The van der Waals surface area contributed by atoms with E-state index in [1.165, 1.54) is 43.9 Å². The van der Waals surface area contributed by atoms with Crippen LogP contribution in [-0.4, -0.2) is 5.97 Å². The van der Waals surface area contributed by atoms with Gasteiger partial charge in [0, 0.05) is 0 Å². The lowest BCUT2D eigenvalue weighted by atomic mass is 9.63. The lowest BCUT2D eigenvalue weighted by Crippen LogP contribution is -2.30. The number of esters is 1. The van der Waals surface area contributed by atoms with Crippen LogP contribution in [0.5, 0.6) is 5.75 Å². The smallest absolute Gasteiger partial charge is 0.343 e. The van der Waals surface area contributed by atoms with Crippen LogP contribution in [0.15, 0.2) is 55.1 Å². The molecule has 2 aliphatic carbocycles. The molecular weight excluding hydrogens is 473 g/mol. The summed E-state index contributed by atoms with van der Waals surface area (Å²) < 4.78 is 49.0. The summed E-state index contributed by atoms with van der Waals surface area (Å²) in [5, 5.41) is 0. The average molecular weight is 511 g/mol. The maximum absolute atomic E-state index is 15.2. The Morgan fingerprint density at radius 2 is 1.78 bits per heavy atom. The van der Waals surface area contributed by atoms with Gasteiger partial charge in [0.1, 0.15) is 5.82 Å². The number of carbonyl (C=O) groups is 1. The number of allylic oxidation sites excluding steroid dienone is 3. The highest BCUT2D eigenvalue weighted by molar-refractivity contribution is 5.91. The Morgan fingerprint density at radius 3 is 2.54 bits per heavy atom. The van der Waals surface area contributed by atoms with Crippen molar-refractivity contribution in [2.45, 2.75) is 77.0 Å². The van der Waals surface area contributed by atoms with E-state index in [4.69, 9.17) is 4.74 Å². The Morgan fingerprint density at radius 1 is 1.00 bits per heavy atom. The van der Waals surface area contributed by atoms with Gasteiger partial charge >= 0.3 is 5.97 Å². The summed E-state index contributed by atoms with van der Waals surface area (Å²) in [6, 6.07) is 6.97. The van der Waals surface area contributed by atoms with Crippen molar-refractivity contribution in [1.82, 2.24) is 0 Å². The number of aryl methyl sites for hydroxylation is 1. The van der Waals surface area contributed by atoms with E-state index in [1.54, 1.807) is 12.1 Å². The third-order valence-electron chi connectivity index (χ3n) is 8.32. The highest BCUT2D eigenvalue weighted by atomic mass is 19.2. The predicted octanol–water partition coefficient (Wildman–Crippen LogP) is 9.10. The van der Waals surface area contributed by atoms with Crippen LogP contribution in [0.3, 0.4) is 0 Å². The van der Waals surface area contributed by atoms with Crippen LogP contribution >= 0.6 is 0 Å². The third kappa shape index (κ3) is 6.55. The molecule has 0 N–H and O–H groups in total. The number of hydrogen-bond acceptors (Lipinski definition) is 2. The molecule has 5 heteroatoms. The minimum absolute atomic E-state index is 0.0212. The second-order valence-electron chi connectivity index (χ2n) is 10.7. The monoisotopic (exact) mass is 510 g/mol. The Labute approximate surface area is 218 Å². The molecule has 2 aromatic carbocycles. The van der Waals surface area contributed by atoms with Crippen LogP contribution in [0.4, 0.5) is 13.2 Å². The topological polar surface area (TPSA) is 26.3 Å². The fourth-order valence-corrected chi connectivity index (χ4v) is 6.27. The van der Waals surface area contributed by atoms with Gasteiger partial charge in [0.05, 0.1) is 5.56 Å². The van der Waals surface area contributed by atoms with Crippen LogP contribution in [0, 0.1) is 35.2 Å². The summed E-state index contributed by atoms with van der Waals surface area (Å²) in [4.78, 5) is 12.6. The van der Waals surface area contributed by atoms with Gasteiger partial charge in [-0.1, -0.05) is 36.8 Å². The van der Waals surface area contributed by atoms with Gasteiger partial charge in [-0.15, -0.1) is 6.58 Å². The molecule has 2 fully saturated rings. The van der Waals surface area contributed by atoms with E-state index in [0.717, 1.165) is 43.6 Å². The van der Waals surface area contributed by atoms with Gasteiger partial charge in [0.25, 0.3) is 0 Å². The second kappa shape index (κ2) is 12.6. The molecule has 0 heterocycles. The van der Waals surface area contributed by atoms with Crippen molar-refractivity contribution in [3.63, 3.8) is 0 Å². The van der Waals surface area contributed by atoms with Gasteiger partial charge in [-0.25, -0.2) is 13.6 Å². The SMILES string of the molecule is C=CCCc1ccc(OC(=O)c2ccc(C3CCC4CC(CC/C=C/C)CCC4C3)c(F)c2)c(F)c1F. The molecule has 0 saturated heterocycles. The number of benzene rings is 2. The average Bonchev–Trinajstić information content (AvgIpc) is 2.90. The number of carbonyl (C=O) groups excluding carboxylic acids is 1. The summed E-state index contributed by atoms with van der Waals surface area (Å²) in [6.45, 7) is 5.64. The summed E-state index contributed by atoms with van der Waals surface area (Å²) in [5.41, 5.74) is 0.797. The van der Waals surface area contributed by atoms with Crippen LogP contribution in [0.1, 0.15) is 92.1 Å². The molecule has 37 heavy (non-hydrogen) atoms. The van der Waals surface area contributed by atoms with Gasteiger partial charge in [-0.2, -0.15) is 4.39 Å². The van der Waals surface area contributed by atoms with Crippen LogP contribution in [0.25, 0.3) is 0 Å². The molecule has 0 spiro atoms. The maximum atomic E-state index is 15.2. The van der Waals surface area contributed by atoms with Crippen molar-refractivity contribution in [3.05, 3.63) is 89.3 Å². The van der Waals surface area contributed by atoms with Crippen LogP contribution in [-0.2, 0) is 6.42 Å². The first-order chi connectivity index (χ1) is 17.9. The summed E-state index contributed by atoms with van der Waals surface area (Å²) in [5.74, 6) is -1.82. The fourth-order valence-electron chi connectivity index (χ4n) is 6.27. The second-order valence-corrected chi connectivity index (χ2v) is 10.7. The van der Waals surface area contributed by atoms with E-state index in [-0.39, 0.29) is 17.0 Å². The minimum atomic E-state index is -1.22. The van der Waals surface area contributed by atoms with Crippen LogP contribution < -0.4 is 4.74 Å². The van der Waals surface area contributed by atoms with Crippen LogP contribution in [0.2, 0.25) is 0 Å². The molecule has 0 aliphatic heterocycles. The number of rotatable bonds is 9. The predicted molar refractivity (Wildman–Crippen MR) is 141 cm³/mol. The van der Waals surface area contributed by atoms with E-state index in [9.17, 15) is 13.6 Å². The molecule has 0 amide bonds. The van der Waals surface area contributed by atoms with Crippen molar-refractivity contribution >= 4 is 5.97 Å². The third-order valence-corrected chi connectivity index (χ3v) is 8.32. The normalized spacial score (nSPS) is 23.6.